The van der Waals surface area contributed by atoms with Crippen LogP contribution in [0.2, 0.25) is 0 Å². The van der Waals surface area contributed by atoms with Gasteiger partial charge in [0.25, 0.3) is 5.91 Å². The van der Waals surface area contributed by atoms with Crippen LogP contribution in [0.15, 0.2) is 47.1 Å². The molecule has 0 saturated carbocycles. The van der Waals surface area contributed by atoms with E-state index >= 15 is 0 Å². The van der Waals surface area contributed by atoms with Crippen LogP contribution in [0, 0.1) is 0 Å². The number of esters is 2. The zero-order chi connectivity index (χ0) is 17.1. The van der Waals surface area contributed by atoms with Crippen molar-refractivity contribution in [2.75, 3.05) is 5.32 Å². The lowest BCUT2D eigenvalue weighted by Gasteiger charge is -2.09. The van der Waals surface area contributed by atoms with Crippen molar-refractivity contribution in [2.45, 2.75) is 25.6 Å². The number of carbonyl (C=O) groups excluding carboxylic acids is 3. The highest BCUT2D eigenvalue weighted by Crippen LogP contribution is 2.19. The number of rotatable bonds is 4. The van der Waals surface area contributed by atoms with Crippen molar-refractivity contribution in [3.05, 3.63) is 54.0 Å². The Morgan fingerprint density at radius 1 is 1.21 bits per heavy atom. The van der Waals surface area contributed by atoms with E-state index < -0.39 is 23.9 Å². The molecule has 0 radical (unpaired) electrons. The van der Waals surface area contributed by atoms with Gasteiger partial charge in [-0.3, -0.25) is 4.79 Å². The molecule has 124 valence electrons. The van der Waals surface area contributed by atoms with Gasteiger partial charge in [0.05, 0.1) is 11.8 Å². The Morgan fingerprint density at radius 3 is 2.54 bits per heavy atom. The normalized spacial score (nSPS) is 19.6. The maximum atomic E-state index is 12.0. The number of cyclic esters (lactones) is 1. The number of amides is 1. The number of benzene rings is 1. The molecule has 2 aromatic rings. The second-order valence-corrected chi connectivity index (χ2v) is 5.39. The SMILES string of the molecule is C[C@H]1C[C@H](OC(=O)c2ccc(NC(=O)c3ccco3)cc2)C(=O)O1. The first-order valence-electron chi connectivity index (χ1n) is 7.39. The average molecular weight is 329 g/mol. The summed E-state index contributed by atoms with van der Waals surface area (Å²) in [6, 6.07) is 9.29. The fourth-order valence-corrected chi connectivity index (χ4v) is 2.30. The second kappa shape index (κ2) is 6.57. The summed E-state index contributed by atoms with van der Waals surface area (Å²) in [4.78, 5) is 35.4. The smallest absolute Gasteiger partial charge is 0.347 e. The van der Waals surface area contributed by atoms with Gasteiger partial charge in [0.2, 0.25) is 6.10 Å². The van der Waals surface area contributed by atoms with Crippen LogP contribution in [0.1, 0.15) is 34.3 Å². The Bertz CT molecular complexity index is 750. The number of furan rings is 1. The average Bonchev–Trinajstić information content (AvgIpc) is 3.18. The molecule has 0 bridgehead atoms. The van der Waals surface area contributed by atoms with Gasteiger partial charge in [-0.05, 0) is 43.3 Å². The van der Waals surface area contributed by atoms with Gasteiger partial charge in [-0.1, -0.05) is 0 Å². The molecule has 1 N–H and O–H groups in total. The fraction of sp³-hybridized carbons (Fsp3) is 0.235. The van der Waals surface area contributed by atoms with E-state index in [0.717, 1.165) is 0 Å². The van der Waals surface area contributed by atoms with E-state index in [1.54, 1.807) is 31.2 Å². The molecule has 7 heteroatoms. The minimum absolute atomic E-state index is 0.187. The Kier molecular flexibility index (Phi) is 4.33. The molecule has 2 atom stereocenters. The molecule has 1 aromatic carbocycles. The zero-order valence-corrected chi connectivity index (χ0v) is 12.9. The van der Waals surface area contributed by atoms with Crippen molar-refractivity contribution >= 4 is 23.5 Å². The van der Waals surface area contributed by atoms with Crippen LogP contribution in [0.3, 0.4) is 0 Å². The molecule has 0 aliphatic carbocycles. The van der Waals surface area contributed by atoms with E-state index in [2.05, 4.69) is 5.32 Å². The largest absolute Gasteiger partial charge is 0.460 e. The van der Waals surface area contributed by atoms with Gasteiger partial charge in [-0.25, -0.2) is 9.59 Å². The molecule has 1 amide bonds. The van der Waals surface area contributed by atoms with E-state index in [1.165, 1.54) is 18.4 Å². The number of nitrogens with one attached hydrogen (secondary N) is 1. The van der Waals surface area contributed by atoms with Gasteiger partial charge < -0.3 is 19.2 Å². The predicted molar refractivity (Wildman–Crippen MR) is 82.5 cm³/mol. The van der Waals surface area contributed by atoms with Crippen LogP contribution in [0.4, 0.5) is 5.69 Å². The highest BCUT2D eigenvalue weighted by molar-refractivity contribution is 6.02. The first-order valence-corrected chi connectivity index (χ1v) is 7.39. The van der Waals surface area contributed by atoms with Gasteiger partial charge >= 0.3 is 11.9 Å². The zero-order valence-electron chi connectivity index (χ0n) is 12.9. The predicted octanol–water partition coefficient (Wildman–Crippen LogP) is 2.39. The monoisotopic (exact) mass is 329 g/mol. The molecule has 0 unspecified atom stereocenters. The molecule has 1 aromatic heterocycles. The minimum Gasteiger partial charge on any atom is -0.460 e. The van der Waals surface area contributed by atoms with Crippen molar-refractivity contribution in [3.63, 3.8) is 0 Å². The third kappa shape index (κ3) is 3.45. The fourth-order valence-electron chi connectivity index (χ4n) is 2.30. The summed E-state index contributed by atoms with van der Waals surface area (Å²) in [5.41, 5.74) is 0.778. The van der Waals surface area contributed by atoms with Gasteiger partial charge in [0.1, 0.15) is 6.10 Å². The maximum Gasteiger partial charge on any atom is 0.347 e. The number of carbonyl (C=O) groups is 3. The van der Waals surface area contributed by atoms with Crippen LogP contribution in [0.5, 0.6) is 0 Å². The standard InChI is InChI=1S/C17H15NO6/c1-10-9-14(17(21)23-10)24-16(20)11-4-6-12(7-5-11)18-15(19)13-3-2-8-22-13/h2-8,10,14H,9H2,1H3,(H,18,19)/t10-,14-/m0/s1. The van der Waals surface area contributed by atoms with E-state index in [1.807, 2.05) is 0 Å². The number of ether oxygens (including phenoxy) is 2. The molecular formula is C17H15NO6. The number of anilines is 1. The van der Waals surface area contributed by atoms with Gasteiger partial charge in [0.15, 0.2) is 5.76 Å². The van der Waals surface area contributed by atoms with Gasteiger partial charge in [-0.2, -0.15) is 0 Å². The third-order valence-corrected chi connectivity index (χ3v) is 3.50. The Labute approximate surface area is 137 Å². The summed E-state index contributed by atoms with van der Waals surface area (Å²) in [6.45, 7) is 1.74. The molecule has 1 fully saturated rings. The number of hydrogen-bond donors (Lipinski definition) is 1. The van der Waals surface area contributed by atoms with Crippen LogP contribution in [0.25, 0.3) is 0 Å². The first-order chi connectivity index (χ1) is 11.5. The lowest BCUT2D eigenvalue weighted by molar-refractivity contribution is -0.147. The van der Waals surface area contributed by atoms with E-state index in [0.29, 0.717) is 12.1 Å². The molecule has 1 saturated heterocycles. The summed E-state index contributed by atoms with van der Waals surface area (Å²) in [5.74, 6) is -1.35. The summed E-state index contributed by atoms with van der Waals surface area (Å²) in [5, 5.41) is 2.64. The molecule has 3 rings (SSSR count). The maximum absolute atomic E-state index is 12.0. The summed E-state index contributed by atoms with van der Waals surface area (Å²) in [6.07, 6.45) is 0.630. The van der Waals surface area contributed by atoms with Crippen molar-refractivity contribution < 1.29 is 28.3 Å². The molecule has 24 heavy (non-hydrogen) atoms. The molecule has 2 heterocycles. The lowest BCUT2D eigenvalue weighted by atomic mass is 10.2. The second-order valence-electron chi connectivity index (χ2n) is 5.39. The molecule has 1 aliphatic rings. The van der Waals surface area contributed by atoms with Crippen LogP contribution in [-0.2, 0) is 14.3 Å². The van der Waals surface area contributed by atoms with Gasteiger partial charge in [-0.15, -0.1) is 0 Å². The van der Waals surface area contributed by atoms with E-state index in [4.69, 9.17) is 13.9 Å². The molecule has 7 nitrogen and oxygen atoms in total. The minimum atomic E-state index is -0.870. The van der Waals surface area contributed by atoms with Crippen molar-refractivity contribution in [2.24, 2.45) is 0 Å². The molecule has 1 aliphatic heterocycles. The highest BCUT2D eigenvalue weighted by atomic mass is 16.6. The summed E-state index contributed by atoms with van der Waals surface area (Å²) >= 11 is 0. The first kappa shape index (κ1) is 15.8. The van der Waals surface area contributed by atoms with Crippen LogP contribution >= 0.6 is 0 Å². The van der Waals surface area contributed by atoms with Crippen molar-refractivity contribution in [1.29, 1.82) is 0 Å². The Morgan fingerprint density at radius 2 is 1.96 bits per heavy atom. The summed E-state index contributed by atoms with van der Waals surface area (Å²) < 4.78 is 15.1. The number of hydrogen-bond acceptors (Lipinski definition) is 6. The molecular weight excluding hydrogens is 314 g/mol. The van der Waals surface area contributed by atoms with Crippen LogP contribution < -0.4 is 5.32 Å². The Hall–Kier alpha value is -3.09. The van der Waals surface area contributed by atoms with Crippen molar-refractivity contribution in [1.82, 2.24) is 0 Å². The van der Waals surface area contributed by atoms with E-state index in [-0.39, 0.29) is 17.4 Å². The van der Waals surface area contributed by atoms with Gasteiger partial charge in [0, 0.05) is 12.1 Å². The Balaban J connectivity index is 1.60. The van der Waals surface area contributed by atoms with Crippen molar-refractivity contribution in [3.8, 4) is 0 Å². The van der Waals surface area contributed by atoms with E-state index in [9.17, 15) is 14.4 Å². The lowest BCUT2D eigenvalue weighted by Crippen LogP contribution is -2.22. The summed E-state index contributed by atoms with van der Waals surface area (Å²) in [7, 11) is 0. The van der Waals surface area contributed by atoms with Crippen LogP contribution in [-0.4, -0.2) is 30.1 Å². The third-order valence-electron chi connectivity index (χ3n) is 3.50. The highest BCUT2D eigenvalue weighted by Gasteiger charge is 2.35. The topological polar surface area (TPSA) is 94.8 Å². The quantitative estimate of drug-likeness (QED) is 0.866. The molecule has 0 spiro atoms.